The molecule has 0 aromatic heterocycles. The molecule has 24 heavy (non-hydrogen) atoms. The number of halogens is 2. The van der Waals surface area contributed by atoms with E-state index in [0.29, 0.717) is 11.3 Å². The SMILES string of the molecule is CC[C@H](C)NC(=O)[C@@H](C)NC(=O)Nc1cccc(OC(F)F)c1C. The first-order valence-electron chi connectivity index (χ1n) is 7.66. The third-order valence-corrected chi connectivity index (χ3v) is 3.49. The quantitative estimate of drug-likeness (QED) is 0.712. The number of benzene rings is 1. The van der Waals surface area contributed by atoms with E-state index in [-0.39, 0.29) is 17.7 Å². The number of hydrogen-bond acceptors (Lipinski definition) is 3. The third-order valence-electron chi connectivity index (χ3n) is 3.49. The van der Waals surface area contributed by atoms with Crippen LogP contribution in [0.15, 0.2) is 18.2 Å². The summed E-state index contributed by atoms with van der Waals surface area (Å²) in [6.07, 6.45) is 0.779. The van der Waals surface area contributed by atoms with Crippen molar-refractivity contribution in [3.05, 3.63) is 23.8 Å². The van der Waals surface area contributed by atoms with Crippen molar-refractivity contribution in [2.75, 3.05) is 5.32 Å². The van der Waals surface area contributed by atoms with Crippen molar-refractivity contribution in [3.8, 4) is 5.75 Å². The van der Waals surface area contributed by atoms with Crippen molar-refractivity contribution in [2.45, 2.75) is 52.8 Å². The largest absolute Gasteiger partial charge is 0.434 e. The molecule has 0 aliphatic carbocycles. The van der Waals surface area contributed by atoms with Gasteiger partial charge in [0.25, 0.3) is 0 Å². The van der Waals surface area contributed by atoms with Gasteiger partial charge in [-0.3, -0.25) is 4.79 Å². The standard InChI is InChI=1S/C16H23F2N3O3/c1-5-9(2)19-14(22)11(4)20-16(23)21-12-7-6-8-13(10(12)3)24-15(17)18/h6-9,11,15H,5H2,1-4H3,(H,19,22)(H2,20,21,23)/t9-,11+/m0/s1. The van der Waals surface area contributed by atoms with Gasteiger partial charge in [-0.2, -0.15) is 8.78 Å². The van der Waals surface area contributed by atoms with Crippen molar-refractivity contribution < 1.29 is 23.1 Å². The van der Waals surface area contributed by atoms with Crippen LogP contribution in [0.1, 0.15) is 32.8 Å². The van der Waals surface area contributed by atoms with E-state index in [4.69, 9.17) is 0 Å². The van der Waals surface area contributed by atoms with Crippen LogP contribution < -0.4 is 20.7 Å². The fourth-order valence-electron chi connectivity index (χ4n) is 1.86. The van der Waals surface area contributed by atoms with Crippen molar-refractivity contribution in [3.63, 3.8) is 0 Å². The van der Waals surface area contributed by atoms with Gasteiger partial charge in [0, 0.05) is 17.3 Å². The Hall–Kier alpha value is -2.38. The number of anilines is 1. The van der Waals surface area contributed by atoms with Crippen molar-refractivity contribution in [2.24, 2.45) is 0 Å². The van der Waals surface area contributed by atoms with Gasteiger partial charge in [0.15, 0.2) is 0 Å². The minimum absolute atomic E-state index is 0.00948. The maximum Gasteiger partial charge on any atom is 0.387 e. The lowest BCUT2D eigenvalue weighted by atomic mass is 10.2. The zero-order valence-electron chi connectivity index (χ0n) is 14.2. The van der Waals surface area contributed by atoms with Crippen molar-refractivity contribution in [1.82, 2.24) is 10.6 Å². The van der Waals surface area contributed by atoms with Crippen LogP contribution in [-0.4, -0.2) is 30.6 Å². The lowest BCUT2D eigenvalue weighted by Crippen LogP contribution is -2.48. The normalized spacial score (nSPS) is 13.1. The Kier molecular flexibility index (Phi) is 7.41. The van der Waals surface area contributed by atoms with Crippen LogP contribution in [0.25, 0.3) is 0 Å². The van der Waals surface area contributed by atoms with Crippen LogP contribution in [0.2, 0.25) is 0 Å². The summed E-state index contributed by atoms with van der Waals surface area (Å²) in [7, 11) is 0. The summed E-state index contributed by atoms with van der Waals surface area (Å²) in [6, 6.07) is 3.08. The predicted molar refractivity (Wildman–Crippen MR) is 87.3 cm³/mol. The summed E-state index contributed by atoms with van der Waals surface area (Å²) in [5.74, 6) is -0.323. The number of carbonyl (C=O) groups excluding carboxylic acids is 2. The highest BCUT2D eigenvalue weighted by Gasteiger charge is 2.18. The van der Waals surface area contributed by atoms with Crippen LogP contribution in [0, 0.1) is 6.92 Å². The van der Waals surface area contributed by atoms with E-state index in [1.54, 1.807) is 19.9 Å². The maximum absolute atomic E-state index is 12.3. The smallest absolute Gasteiger partial charge is 0.387 e. The summed E-state index contributed by atoms with van der Waals surface area (Å²) in [6.45, 7) is 3.96. The van der Waals surface area contributed by atoms with Crippen LogP contribution in [-0.2, 0) is 4.79 Å². The molecule has 8 heteroatoms. The van der Waals surface area contributed by atoms with Gasteiger partial charge < -0.3 is 20.7 Å². The van der Waals surface area contributed by atoms with Gasteiger partial charge in [-0.25, -0.2) is 4.79 Å². The van der Waals surface area contributed by atoms with Gasteiger partial charge >= 0.3 is 12.6 Å². The molecule has 134 valence electrons. The summed E-state index contributed by atoms with van der Waals surface area (Å²) in [5.41, 5.74) is 0.685. The molecular weight excluding hydrogens is 320 g/mol. The molecule has 0 fully saturated rings. The molecule has 6 nitrogen and oxygen atoms in total. The van der Waals surface area contributed by atoms with Gasteiger partial charge in [0.1, 0.15) is 11.8 Å². The van der Waals surface area contributed by atoms with E-state index in [9.17, 15) is 18.4 Å². The monoisotopic (exact) mass is 343 g/mol. The Bertz CT molecular complexity index is 582. The molecular formula is C16H23F2N3O3. The van der Waals surface area contributed by atoms with Gasteiger partial charge in [-0.1, -0.05) is 13.0 Å². The van der Waals surface area contributed by atoms with E-state index in [2.05, 4.69) is 20.7 Å². The zero-order chi connectivity index (χ0) is 18.3. The highest BCUT2D eigenvalue weighted by molar-refractivity contribution is 5.94. The van der Waals surface area contributed by atoms with E-state index in [1.165, 1.54) is 12.1 Å². The first-order chi connectivity index (χ1) is 11.2. The van der Waals surface area contributed by atoms with E-state index >= 15 is 0 Å². The molecule has 0 unspecified atom stereocenters. The minimum Gasteiger partial charge on any atom is -0.434 e. The third kappa shape index (κ3) is 6.02. The van der Waals surface area contributed by atoms with Crippen LogP contribution in [0.3, 0.4) is 0 Å². The average Bonchev–Trinajstić information content (AvgIpc) is 2.50. The Balaban J connectivity index is 2.66. The second kappa shape index (κ2) is 9.05. The number of rotatable bonds is 7. The van der Waals surface area contributed by atoms with E-state index in [0.717, 1.165) is 6.42 Å². The predicted octanol–water partition coefficient (Wildman–Crippen LogP) is 3.02. The average molecular weight is 343 g/mol. The van der Waals surface area contributed by atoms with Crippen molar-refractivity contribution >= 4 is 17.6 Å². The van der Waals surface area contributed by atoms with Crippen LogP contribution >= 0.6 is 0 Å². The minimum atomic E-state index is -2.95. The fraction of sp³-hybridized carbons (Fsp3) is 0.500. The number of alkyl halides is 2. The fourth-order valence-corrected chi connectivity index (χ4v) is 1.86. The number of urea groups is 1. The van der Waals surface area contributed by atoms with Gasteiger partial charge in [-0.05, 0) is 39.3 Å². The topological polar surface area (TPSA) is 79.5 Å². The number of hydrogen-bond donors (Lipinski definition) is 3. The highest BCUT2D eigenvalue weighted by atomic mass is 19.3. The first kappa shape index (κ1) is 19.7. The first-order valence-corrected chi connectivity index (χ1v) is 7.66. The zero-order valence-corrected chi connectivity index (χ0v) is 14.2. The summed E-state index contributed by atoms with van der Waals surface area (Å²) < 4.78 is 29.0. The second-order valence-corrected chi connectivity index (χ2v) is 5.45. The second-order valence-electron chi connectivity index (χ2n) is 5.45. The van der Waals surface area contributed by atoms with E-state index in [1.807, 2.05) is 13.8 Å². The van der Waals surface area contributed by atoms with Gasteiger partial charge in [0.2, 0.25) is 5.91 Å². The van der Waals surface area contributed by atoms with Gasteiger partial charge in [0.05, 0.1) is 0 Å². The molecule has 1 aromatic rings. The Labute approximate surface area is 139 Å². The summed E-state index contributed by atoms with van der Waals surface area (Å²) in [4.78, 5) is 23.9. The molecule has 3 amide bonds. The molecule has 0 spiro atoms. The number of carbonyl (C=O) groups is 2. The van der Waals surface area contributed by atoms with E-state index < -0.39 is 18.7 Å². The summed E-state index contributed by atoms with van der Waals surface area (Å²) >= 11 is 0. The highest BCUT2D eigenvalue weighted by Crippen LogP contribution is 2.26. The maximum atomic E-state index is 12.3. The number of nitrogens with one attached hydrogen (secondary N) is 3. The Morgan fingerprint density at radius 2 is 1.88 bits per heavy atom. The molecule has 3 N–H and O–H groups in total. The van der Waals surface area contributed by atoms with Gasteiger partial charge in [-0.15, -0.1) is 0 Å². The number of ether oxygens (including phenoxy) is 1. The lowest BCUT2D eigenvalue weighted by molar-refractivity contribution is -0.123. The molecule has 0 heterocycles. The molecule has 0 aliphatic heterocycles. The molecule has 0 saturated heterocycles. The molecule has 1 rings (SSSR count). The van der Waals surface area contributed by atoms with Crippen LogP contribution in [0.4, 0.5) is 19.3 Å². The molecule has 0 saturated carbocycles. The Morgan fingerprint density at radius 1 is 1.21 bits per heavy atom. The molecule has 0 aliphatic rings. The lowest BCUT2D eigenvalue weighted by Gasteiger charge is -2.18. The molecule has 0 bridgehead atoms. The Morgan fingerprint density at radius 3 is 2.46 bits per heavy atom. The van der Waals surface area contributed by atoms with Crippen molar-refractivity contribution in [1.29, 1.82) is 0 Å². The summed E-state index contributed by atoms with van der Waals surface area (Å²) in [5, 5.41) is 7.77. The molecule has 2 atom stereocenters. The number of amides is 3. The molecule has 0 radical (unpaired) electrons. The van der Waals surface area contributed by atoms with Crippen LogP contribution in [0.5, 0.6) is 5.75 Å². The molecule has 1 aromatic carbocycles.